The van der Waals surface area contributed by atoms with Crippen LogP contribution in [0.5, 0.6) is 0 Å². The first-order valence-electron chi connectivity index (χ1n) is 14.6. The van der Waals surface area contributed by atoms with Gasteiger partial charge in [-0.05, 0) is 85.9 Å². The van der Waals surface area contributed by atoms with Crippen molar-refractivity contribution in [1.29, 1.82) is 0 Å². The first-order valence-corrected chi connectivity index (χ1v) is 16.1. The minimum Gasteiger partial charge on any atom is -0.512 e. The van der Waals surface area contributed by atoms with Gasteiger partial charge in [0.2, 0.25) is 0 Å². The maximum atomic E-state index is 13.3. The Morgan fingerprint density at radius 2 is 1.40 bits per heavy atom. The van der Waals surface area contributed by atoms with E-state index in [1.807, 2.05) is 42.5 Å². The molecule has 0 saturated carbocycles. The molecule has 0 aliphatic carbocycles. The highest BCUT2D eigenvalue weighted by Gasteiger charge is 2.41. The van der Waals surface area contributed by atoms with Crippen LogP contribution in [-0.4, -0.2) is 30.1 Å². The van der Waals surface area contributed by atoms with Crippen molar-refractivity contribution in [3.05, 3.63) is 137 Å². The molecule has 0 spiro atoms. The van der Waals surface area contributed by atoms with Gasteiger partial charge in [-0.25, -0.2) is 9.78 Å². The quantitative estimate of drug-likeness (QED) is 0.162. The molecule has 1 aromatic heterocycles. The Kier molecular flexibility index (Phi) is 9.57. The number of aliphatic hydroxyl groups excluding tert-OH is 1. The normalized spacial score (nSPS) is 14.7. The molecule has 0 atom stereocenters. The van der Waals surface area contributed by atoms with Gasteiger partial charge in [0, 0.05) is 18.3 Å². The van der Waals surface area contributed by atoms with Crippen molar-refractivity contribution in [2.24, 2.45) is 0 Å². The molecule has 43 heavy (non-hydrogen) atoms. The largest absolute Gasteiger partial charge is 0.512 e. The van der Waals surface area contributed by atoms with Crippen LogP contribution in [0.2, 0.25) is 0 Å². The molecule has 0 radical (unpaired) electrons. The second-order valence-corrected chi connectivity index (χ2v) is 12.6. The highest BCUT2D eigenvalue weighted by atomic mass is 32.2. The van der Waals surface area contributed by atoms with Gasteiger partial charge in [0.15, 0.2) is 5.03 Å². The van der Waals surface area contributed by atoms with Gasteiger partial charge < -0.3 is 9.84 Å². The zero-order chi connectivity index (χ0) is 30.1. The van der Waals surface area contributed by atoms with Gasteiger partial charge in [0.1, 0.15) is 11.4 Å². The van der Waals surface area contributed by atoms with E-state index in [-0.39, 0.29) is 10.8 Å². The monoisotopic (exact) mass is 596 g/mol. The number of rotatable bonds is 13. The summed E-state index contributed by atoms with van der Waals surface area (Å²) in [5.74, 6) is -0.351. The third kappa shape index (κ3) is 8.11. The van der Waals surface area contributed by atoms with E-state index >= 15 is 0 Å². The second-order valence-electron chi connectivity index (χ2n) is 11.0. The lowest BCUT2D eigenvalue weighted by atomic mass is 9.82. The number of pyridine rings is 1. The molecule has 4 aromatic rings. The van der Waals surface area contributed by atoms with Crippen molar-refractivity contribution in [1.82, 2.24) is 4.98 Å². The fourth-order valence-electron chi connectivity index (χ4n) is 5.48. The zero-order valence-electron chi connectivity index (χ0n) is 24.0. The Balaban J connectivity index is 1.23. The molecule has 0 bridgehead atoms. The van der Waals surface area contributed by atoms with E-state index in [0.717, 1.165) is 29.5 Å². The summed E-state index contributed by atoms with van der Waals surface area (Å²) in [6, 6.07) is 32.1. The lowest BCUT2D eigenvalue weighted by Gasteiger charge is -2.37. The van der Waals surface area contributed by atoms with E-state index < -0.39 is 21.6 Å². The number of hydrogen-bond donors (Lipinski definition) is 2. The van der Waals surface area contributed by atoms with E-state index in [1.165, 1.54) is 12.3 Å². The van der Waals surface area contributed by atoms with Crippen molar-refractivity contribution in [2.45, 2.75) is 62.0 Å². The summed E-state index contributed by atoms with van der Waals surface area (Å²) in [6.07, 6.45) is 5.99. The van der Waals surface area contributed by atoms with Crippen LogP contribution in [0, 0.1) is 0 Å². The Morgan fingerprint density at radius 1 is 0.767 bits per heavy atom. The standard InChI is InChI=1S/C35H36N2O5S/c38-32-26-35(22-20-27-11-3-1-4-12-27,23-21-28-13-5-2-6-14-28)42-34(39)31(32)18-10-16-29-15-9-17-30(25-29)37-43(40,41)33-19-7-8-24-36-33/h1-9,11-15,17,19,24-25,37-38H,10,16,18,20-23,26H2. The number of esters is 1. The number of nitrogens with one attached hydrogen (secondary N) is 1. The fraction of sp³-hybridized carbons (Fsp3) is 0.257. The van der Waals surface area contributed by atoms with Crippen LogP contribution in [0.1, 0.15) is 48.8 Å². The number of carbonyl (C=O) groups excluding carboxylic acids is 1. The molecule has 2 N–H and O–H groups in total. The maximum Gasteiger partial charge on any atom is 0.337 e. The van der Waals surface area contributed by atoms with Crippen LogP contribution in [-0.2, 0) is 38.8 Å². The molecule has 1 aliphatic heterocycles. The molecular weight excluding hydrogens is 560 g/mol. The van der Waals surface area contributed by atoms with Crippen LogP contribution in [0.15, 0.2) is 126 Å². The fourth-order valence-corrected chi connectivity index (χ4v) is 6.48. The number of carbonyl (C=O) groups is 1. The average Bonchev–Trinajstić information content (AvgIpc) is 3.02. The number of cyclic esters (lactones) is 1. The summed E-state index contributed by atoms with van der Waals surface area (Å²) in [5.41, 5.74) is 3.21. The van der Waals surface area contributed by atoms with Crippen molar-refractivity contribution in [3.8, 4) is 0 Å². The summed E-state index contributed by atoms with van der Waals surface area (Å²) in [6.45, 7) is 0. The van der Waals surface area contributed by atoms with Crippen molar-refractivity contribution < 1.29 is 23.1 Å². The number of ether oxygens (including phenoxy) is 1. The topological polar surface area (TPSA) is 106 Å². The van der Waals surface area contributed by atoms with Crippen LogP contribution in [0.25, 0.3) is 0 Å². The van der Waals surface area contributed by atoms with Crippen molar-refractivity contribution in [2.75, 3.05) is 4.72 Å². The maximum absolute atomic E-state index is 13.3. The number of aliphatic hydroxyl groups is 1. The highest BCUT2D eigenvalue weighted by Crippen LogP contribution is 2.38. The molecule has 7 nitrogen and oxygen atoms in total. The van der Waals surface area contributed by atoms with E-state index in [2.05, 4.69) is 34.0 Å². The molecule has 0 unspecified atom stereocenters. The SMILES string of the molecule is O=C1OC(CCc2ccccc2)(CCc2ccccc2)CC(O)=C1CCCc1cccc(NS(=O)(=O)c2ccccn2)c1. The molecule has 2 heterocycles. The van der Waals surface area contributed by atoms with Gasteiger partial charge in [-0.15, -0.1) is 0 Å². The molecule has 3 aromatic carbocycles. The van der Waals surface area contributed by atoms with Gasteiger partial charge in [0.05, 0.1) is 5.57 Å². The van der Waals surface area contributed by atoms with Gasteiger partial charge in [0.25, 0.3) is 10.0 Å². The summed E-state index contributed by atoms with van der Waals surface area (Å²) in [5, 5.41) is 11.1. The number of sulfonamides is 1. The summed E-state index contributed by atoms with van der Waals surface area (Å²) in [4.78, 5) is 17.2. The van der Waals surface area contributed by atoms with Gasteiger partial charge >= 0.3 is 5.97 Å². The molecule has 1 aliphatic rings. The summed E-state index contributed by atoms with van der Waals surface area (Å²) >= 11 is 0. The minimum absolute atomic E-state index is 0.0535. The molecule has 8 heteroatoms. The summed E-state index contributed by atoms with van der Waals surface area (Å²) in [7, 11) is -3.80. The summed E-state index contributed by atoms with van der Waals surface area (Å²) < 4.78 is 34.1. The van der Waals surface area contributed by atoms with Crippen LogP contribution in [0.3, 0.4) is 0 Å². The Hall–Kier alpha value is -4.43. The van der Waals surface area contributed by atoms with E-state index in [1.54, 1.807) is 30.3 Å². The van der Waals surface area contributed by atoms with Gasteiger partial charge in [-0.1, -0.05) is 78.9 Å². The zero-order valence-corrected chi connectivity index (χ0v) is 24.8. The number of anilines is 1. The molecule has 0 amide bonds. The van der Waals surface area contributed by atoms with E-state index in [0.29, 0.717) is 49.8 Å². The lowest BCUT2D eigenvalue weighted by Crippen LogP contribution is -2.41. The van der Waals surface area contributed by atoms with Crippen molar-refractivity contribution >= 4 is 21.7 Å². The minimum atomic E-state index is -3.80. The molecule has 0 saturated heterocycles. The third-order valence-electron chi connectivity index (χ3n) is 7.80. The number of benzene rings is 3. The molecular formula is C35H36N2O5S. The van der Waals surface area contributed by atoms with Gasteiger partial charge in [-0.3, -0.25) is 4.72 Å². The number of nitrogens with zero attached hydrogens (tertiary/aromatic N) is 1. The van der Waals surface area contributed by atoms with Gasteiger partial charge in [-0.2, -0.15) is 8.42 Å². The number of hydrogen-bond acceptors (Lipinski definition) is 6. The van der Waals surface area contributed by atoms with E-state index in [9.17, 15) is 18.3 Å². The van der Waals surface area contributed by atoms with Crippen molar-refractivity contribution in [3.63, 3.8) is 0 Å². The molecule has 222 valence electrons. The number of aryl methyl sites for hydroxylation is 3. The van der Waals surface area contributed by atoms with E-state index in [4.69, 9.17) is 4.74 Å². The van der Waals surface area contributed by atoms with Crippen LogP contribution < -0.4 is 4.72 Å². The lowest BCUT2D eigenvalue weighted by molar-refractivity contribution is -0.160. The molecule has 0 fully saturated rings. The smallest absolute Gasteiger partial charge is 0.337 e. The molecule has 5 rings (SSSR count). The van der Waals surface area contributed by atoms with Crippen LogP contribution in [0.4, 0.5) is 5.69 Å². The Morgan fingerprint density at radius 3 is 2.00 bits per heavy atom. The second kappa shape index (κ2) is 13.7. The Labute approximate surface area is 253 Å². The first kappa shape index (κ1) is 30.0. The highest BCUT2D eigenvalue weighted by molar-refractivity contribution is 7.92. The predicted molar refractivity (Wildman–Crippen MR) is 167 cm³/mol. The average molecular weight is 597 g/mol. The Bertz CT molecular complexity index is 1610. The predicted octanol–water partition coefficient (Wildman–Crippen LogP) is 6.97. The first-order chi connectivity index (χ1) is 20.8. The third-order valence-corrected chi connectivity index (χ3v) is 9.10. The van der Waals surface area contributed by atoms with Crippen LogP contribution >= 0.6 is 0 Å². The number of aromatic nitrogens is 1.